The van der Waals surface area contributed by atoms with E-state index in [-0.39, 0.29) is 29.4 Å². The fraction of sp³-hybridized carbons (Fsp3) is 0.346. The molecule has 0 radical (unpaired) electrons. The van der Waals surface area contributed by atoms with E-state index < -0.39 is 17.5 Å². The number of carbonyl (C=O) groups is 2. The zero-order chi connectivity index (χ0) is 23.9. The van der Waals surface area contributed by atoms with E-state index in [2.05, 4.69) is 5.32 Å². The van der Waals surface area contributed by atoms with E-state index in [0.717, 1.165) is 24.2 Å². The molecule has 1 aliphatic rings. The van der Waals surface area contributed by atoms with Gasteiger partial charge in [-0.2, -0.15) is 0 Å². The first-order chi connectivity index (χ1) is 16.5. The zero-order valence-corrected chi connectivity index (χ0v) is 19.0. The summed E-state index contributed by atoms with van der Waals surface area (Å²) in [6, 6.07) is 13.9. The van der Waals surface area contributed by atoms with Crippen LogP contribution in [0.25, 0.3) is 11.0 Å². The highest BCUT2D eigenvalue weighted by Crippen LogP contribution is 2.21. The van der Waals surface area contributed by atoms with Crippen molar-refractivity contribution in [3.63, 3.8) is 0 Å². The van der Waals surface area contributed by atoms with Gasteiger partial charge in [-0.25, -0.2) is 4.79 Å². The van der Waals surface area contributed by atoms with Crippen molar-refractivity contribution >= 4 is 22.8 Å². The molecule has 1 aliphatic heterocycles. The molecular weight excluding hydrogens is 438 g/mol. The Bertz CT molecular complexity index is 1230. The summed E-state index contributed by atoms with van der Waals surface area (Å²) in [4.78, 5) is 36.9. The summed E-state index contributed by atoms with van der Waals surface area (Å²) in [5.74, 6) is 0.0999. The molecule has 178 valence electrons. The van der Waals surface area contributed by atoms with Crippen LogP contribution in [0.5, 0.6) is 11.5 Å². The van der Waals surface area contributed by atoms with Crippen molar-refractivity contribution in [2.24, 2.45) is 0 Å². The monoisotopic (exact) mass is 465 g/mol. The summed E-state index contributed by atoms with van der Waals surface area (Å²) in [6.07, 6.45) is 2.50. The number of rotatable bonds is 9. The molecule has 34 heavy (non-hydrogen) atoms. The Kier molecular flexibility index (Phi) is 7.59. The molecule has 1 amide bonds. The molecule has 3 aromatic rings. The van der Waals surface area contributed by atoms with Crippen LogP contribution in [-0.2, 0) is 9.53 Å². The number of hydrogen-bond donors (Lipinski definition) is 1. The van der Waals surface area contributed by atoms with Crippen LogP contribution in [-0.4, -0.2) is 37.7 Å². The highest BCUT2D eigenvalue weighted by Gasteiger charge is 2.19. The smallest absolute Gasteiger partial charge is 0.349 e. The van der Waals surface area contributed by atoms with Gasteiger partial charge in [0.25, 0.3) is 5.91 Å². The van der Waals surface area contributed by atoms with Crippen LogP contribution in [0, 0.1) is 6.92 Å². The number of carbonyl (C=O) groups excluding carboxylic acids is 2. The molecule has 0 aliphatic carbocycles. The van der Waals surface area contributed by atoms with Crippen molar-refractivity contribution in [2.45, 2.75) is 38.7 Å². The molecule has 1 aromatic heterocycles. The van der Waals surface area contributed by atoms with E-state index in [4.69, 9.17) is 18.6 Å². The fourth-order valence-corrected chi connectivity index (χ4v) is 3.71. The van der Waals surface area contributed by atoms with Crippen LogP contribution < -0.4 is 20.4 Å². The van der Waals surface area contributed by atoms with Crippen molar-refractivity contribution < 1.29 is 28.2 Å². The second-order valence-electron chi connectivity index (χ2n) is 8.23. The molecule has 1 N–H and O–H groups in total. The molecule has 1 atom stereocenters. The van der Waals surface area contributed by atoms with Crippen LogP contribution >= 0.6 is 0 Å². The predicted molar refractivity (Wildman–Crippen MR) is 125 cm³/mol. The number of benzene rings is 2. The number of nitrogens with one attached hydrogen (secondary N) is 1. The van der Waals surface area contributed by atoms with Crippen molar-refractivity contribution in [3.8, 4) is 11.5 Å². The Labute approximate surface area is 196 Å². The van der Waals surface area contributed by atoms with E-state index in [1.54, 1.807) is 12.1 Å². The molecule has 8 heteroatoms. The lowest BCUT2D eigenvalue weighted by Gasteiger charge is -2.10. The van der Waals surface area contributed by atoms with E-state index in [9.17, 15) is 14.4 Å². The molecule has 1 unspecified atom stereocenters. The number of fused-ring (bicyclic) bond motifs is 1. The Morgan fingerprint density at radius 1 is 1.12 bits per heavy atom. The summed E-state index contributed by atoms with van der Waals surface area (Å²) < 4.78 is 21.8. The number of esters is 1. The van der Waals surface area contributed by atoms with Gasteiger partial charge in [0.2, 0.25) is 0 Å². The lowest BCUT2D eigenvalue weighted by Crippen LogP contribution is -2.34. The molecule has 4 rings (SSSR count). The van der Waals surface area contributed by atoms with Gasteiger partial charge >= 0.3 is 11.6 Å². The van der Waals surface area contributed by atoms with Crippen LogP contribution in [0.4, 0.5) is 0 Å². The minimum Gasteiger partial charge on any atom is -0.494 e. The Hall–Kier alpha value is -3.65. The quantitative estimate of drug-likeness (QED) is 0.222. The predicted octanol–water partition coefficient (Wildman–Crippen LogP) is 3.77. The lowest BCUT2D eigenvalue weighted by atomic mass is 10.1. The van der Waals surface area contributed by atoms with Crippen molar-refractivity contribution in [1.29, 1.82) is 0 Å². The molecule has 1 saturated heterocycles. The topological polar surface area (TPSA) is 104 Å². The van der Waals surface area contributed by atoms with E-state index in [1.165, 1.54) is 12.1 Å². The van der Waals surface area contributed by atoms with Gasteiger partial charge in [-0.15, -0.1) is 0 Å². The molecule has 0 bridgehead atoms. The third kappa shape index (κ3) is 6.23. The average molecular weight is 466 g/mol. The van der Waals surface area contributed by atoms with Gasteiger partial charge in [-0.05, 0) is 62.1 Å². The maximum atomic E-state index is 12.4. The molecule has 0 saturated carbocycles. The molecule has 8 nitrogen and oxygen atoms in total. The number of ether oxygens (including phenoxy) is 3. The van der Waals surface area contributed by atoms with Gasteiger partial charge in [-0.3, -0.25) is 9.59 Å². The van der Waals surface area contributed by atoms with Crippen LogP contribution in [0.2, 0.25) is 0 Å². The Balaban J connectivity index is 1.30. The number of aryl methyl sites for hydroxylation is 1. The highest BCUT2D eigenvalue weighted by atomic mass is 16.5. The first-order valence-electron chi connectivity index (χ1n) is 11.4. The summed E-state index contributed by atoms with van der Waals surface area (Å²) >= 11 is 0. The molecule has 2 aromatic carbocycles. The normalized spacial score (nSPS) is 15.3. The standard InChI is InChI=1S/C26H27NO7/c1-17-5-2-6-19(13-17)31-12-4-8-24(28)33-20-10-9-18-14-22(26(30)34-23(18)15-20)25(29)27-16-21-7-3-11-32-21/h2,5-6,9-10,13-15,21H,3-4,7-8,11-12,16H2,1H3,(H,27,29). The Morgan fingerprint density at radius 3 is 2.79 bits per heavy atom. The van der Waals surface area contributed by atoms with Gasteiger partial charge in [0.05, 0.1) is 12.7 Å². The zero-order valence-electron chi connectivity index (χ0n) is 19.0. The first kappa shape index (κ1) is 23.5. The van der Waals surface area contributed by atoms with E-state index in [1.807, 2.05) is 31.2 Å². The SMILES string of the molecule is Cc1cccc(OCCCC(=O)Oc2ccc3cc(C(=O)NCC4CCCO4)c(=O)oc3c2)c1. The molecule has 0 spiro atoms. The average Bonchev–Trinajstić information content (AvgIpc) is 3.34. The van der Waals surface area contributed by atoms with Crippen molar-refractivity contribution in [1.82, 2.24) is 5.32 Å². The van der Waals surface area contributed by atoms with Crippen LogP contribution in [0.1, 0.15) is 41.6 Å². The van der Waals surface area contributed by atoms with Gasteiger partial charge in [0.1, 0.15) is 22.6 Å². The van der Waals surface area contributed by atoms with Crippen molar-refractivity contribution in [2.75, 3.05) is 19.8 Å². The fourth-order valence-electron chi connectivity index (χ4n) is 3.71. The van der Waals surface area contributed by atoms with E-state index >= 15 is 0 Å². The third-order valence-electron chi connectivity index (χ3n) is 5.48. The minimum atomic E-state index is -0.755. The molecular formula is C26H27NO7. The van der Waals surface area contributed by atoms with Crippen molar-refractivity contribution in [3.05, 3.63) is 70.1 Å². The lowest BCUT2D eigenvalue weighted by molar-refractivity contribution is -0.134. The molecule has 1 fully saturated rings. The number of hydrogen-bond acceptors (Lipinski definition) is 7. The summed E-state index contributed by atoms with van der Waals surface area (Å²) in [6.45, 7) is 3.41. The van der Waals surface area contributed by atoms with Gasteiger partial charge in [0, 0.05) is 31.0 Å². The second-order valence-corrected chi connectivity index (χ2v) is 8.23. The molecule has 2 heterocycles. The second kappa shape index (κ2) is 11.0. The van der Waals surface area contributed by atoms with Gasteiger partial charge in [0.15, 0.2) is 0 Å². The summed E-state index contributed by atoms with van der Waals surface area (Å²) in [5, 5.41) is 3.27. The van der Waals surface area contributed by atoms with E-state index in [0.29, 0.717) is 31.6 Å². The minimum absolute atomic E-state index is 0.0252. The van der Waals surface area contributed by atoms with Gasteiger partial charge in [-0.1, -0.05) is 12.1 Å². The summed E-state index contributed by atoms with van der Waals surface area (Å²) in [7, 11) is 0. The largest absolute Gasteiger partial charge is 0.494 e. The maximum Gasteiger partial charge on any atom is 0.349 e. The summed E-state index contributed by atoms with van der Waals surface area (Å²) in [5.41, 5.74) is 0.498. The van der Waals surface area contributed by atoms with Crippen LogP contribution in [0.3, 0.4) is 0 Å². The van der Waals surface area contributed by atoms with Crippen LogP contribution in [0.15, 0.2) is 57.7 Å². The highest BCUT2D eigenvalue weighted by molar-refractivity contribution is 5.96. The Morgan fingerprint density at radius 2 is 2.00 bits per heavy atom. The third-order valence-corrected chi connectivity index (χ3v) is 5.48. The number of amides is 1. The maximum absolute atomic E-state index is 12.4. The first-order valence-corrected chi connectivity index (χ1v) is 11.4. The van der Waals surface area contributed by atoms with Gasteiger partial charge < -0.3 is 23.9 Å².